The standard InChI is InChI=1S/C17H22N4O2S/c1-20-6-4-17(11-20)5-7-21(12-17)16(22)18-9-13-10-24-15(19-13)14-3-2-8-23-14/h2-3,8,10H,4-7,9,11-12H2,1H3,(H,18,22). The number of amides is 2. The van der Waals surface area contributed by atoms with Crippen LogP contribution in [0.4, 0.5) is 4.79 Å². The van der Waals surface area contributed by atoms with Gasteiger partial charge in [0.05, 0.1) is 18.5 Å². The lowest BCUT2D eigenvalue weighted by atomic mass is 9.86. The third-order valence-electron chi connectivity index (χ3n) is 5.06. The predicted octanol–water partition coefficient (Wildman–Crippen LogP) is 2.64. The molecule has 2 amide bonds. The first-order valence-electron chi connectivity index (χ1n) is 8.33. The van der Waals surface area contributed by atoms with Crippen LogP contribution in [-0.2, 0) is 6.54 Å². The van der Waals surface area contributed by atoms with E-state index >= 15 is 0 Å². The average molecular weight is 346 g/mol. The van der Waals surface area contributed by atoms with E-state index in [1.54, 1.807) is 6.26 Å². The highest BCUT2D eigenvalue weighted by Crippen LogP contribution is 2.38. The van der Waals surface area contributed by atoms with Gasteiger partial charge in [0, 0.05) is 30.4 Å². The van der Waals surface area contributed by atoms with Gasteiger partial charge >= 0.3 is 6.03 Å². The second kappa shape index (κ2) is 6.22. The van der Waals surface area contributed by atoms with E-state index in [-0.39, 0.29) is 6.03 Å². The minimum Gasteiger partial charge on any atom is -0.462 e. The van der Waals surface area contributed by atoms with Crippen molar-refractivity contribution in [1.29, 1.82) is 0 Å². The van der Waals surface area contributed by atoms with E-state index in [1.807, 2.05) is 22.4 Å². The molecule has 0 aliphatic carbocycles. The van der Waals surface area contributed by atoms with Gasteiger partial charge in [0.25, 0.3) is 0 Å². The molecule has 0 saturated carbocycles. The van der Waals surface area contributed by atoms with Crippen LogP contribution in [0, 0.1) is 5.41 Å². The summed E-state index contributed by atoms with van der Waals surface area (Å²) < 4.78 is 5.35. The van der Waals surface area contributed by atoms with Gasteiger partial charge in [0.1, 0.15) is 0 Å². The van der Waals surface area contributed by atoms with Gasteiger partial charge in [0.2, 0.25) is 0 Å². The van der Waals surface area contributed by atoms with Crippen molar-refractivity contribution >= 4 is 17.4 Å². The molecule has 2 saturated heterocycles. The number of carbonyl (C=O) groups excluding carboxylic acids is 1. The maximum absolute atomic E-state index is 12.4. The van der Waals surface area contributed by atoms with Gasteiger partial charge in [-0.3, -0.25) is 0 Å². The minimum absolute atomic E-state index is 0.0222. The number of aromatic nitrogens is 1. The average Bonchev–Trinajstić information content (AvgIpc) is 3.34. The first-order valence-corrected chi connectivity index (χ1v) is 9.21. The molecule has 4 heterocycles. The summed E-state index contributed by atoms with van der Waals surface area (Å²) in [5, 5.41) is 5.82. The molecular weight excluding hydrogens is 324 g/mol. The number of rotatable bonds is 3. The van der Waals surface area contributed by atoms with E-state index in [0.717, 1.165) is 49.1 Å². The zero-order chi connectivity index (χ0) is 16.6. The van der Waals surface area contributed by atoms with Gasteiger partial charge in [-0.15, -0.1) is 11.3 Å². The number of hydrogen-bond donors (Lipinski definition) is 1. The Morgan fingerprint density at radius 1 is 1.42 bits per heavy atom. The predicted molar refractivity (Wildman–Crippen MR) is 92.8 cm³/mol. The number of likely N-dealkylation sites (tertiary alicyclic amines) is 2. The van der Waals surface area contributed by atoms with Crippen molar-refractivity contribution in [3.8, 4) is 10.8 Å². The van der Waals surface area contributed by atoms with Crippen molar-refractivity contribution in [2.75, 3.05) is 33.2 Å². The Bertz CT molecular complexity index is 714. The highest BCUT2D eigenvalue weighted by Gasteiger charge is 2.43. The van der Waals surface area contributed by atoms with Crippen molar-refractivity contribution in [2.24, 2.45) is 5.41 Å². The fourth-order valence-corrected chi connectivity index (χ4v) is 4.57. The number of nitrogens with zero attached hydrogens (tertiary/aromatic N) is 3. The van der Waals surface area contributed by atoms with E-state index in [9.17, 15) is 4.79 Å². The molecule has 1 atom stereocenters. The number of carbonyl (C=O) groups is 1. The quantitative estimate of drug-likeness (QED) is 0.928. The first-order chi connectivity index (χ1) is 11.6. The SMILES string of the molecule is CN1CCC2(CCN(C(=O)NCc3csc(-c4ccco4)n3)C2)C1. The first kappa shape index (κ1) is 15.7. The Morgan fingerprint density at radius 2 is 2.29 bits per heavy atom. The van der Waals surface area contributed by atoms with E-state index in [2.05, 4.69) is 22.2 Å². The summed E-state index contributed by atoms with van der Waals surface area (Å²) in [5.41, 5.74) is 1.19. The van der Waals surface area contributed by atoms with Crippen molar-refractivity contribution in [3.63, 3.8) is 0 Å². The Morgan fingerprint density at radius 3 is 3.04 bits per heavy atom. The molecule has 1 unspecified atom stereocenters. The van der Waals surface area contributed by atoms with E-state index in [0.29, 0.717) is 12.0 Å². The monoisotopic (exact) mass is 346 g/mol. The third-order valence-corrected chi connectivity index (χ3v) is 5.96. The lowest BCUT2D eigenvalue weighted by Crippen LogP contribution is -2.40. The van der Waals surface area contributed by atoms with Crippen molar-refractivity contribution in [2.45, 2.75) is 19.4 Å². The number of hydrogen-bond acceptors (Lipinski definition) is 5. The van der Waals surface area contributed by atoms with Crippen LogP contribution in [0.3, 0.4) is 0 Å². The van der Waals surface area contributed by atoms with Crippen LogP contribution < -0.4 is 5.32 Å². The minimum atomic E-state index is 0.0222. The molecule has 1 spiro atoms. The van der Waals surface area contributed by atoms with Crippen LogP contribution in [-0.4, -0.2) is 54.0 Å². The molecule has 128 valence electrons. The van der Waals surface area contributed by atoms with Crippen LogP contribution in [0.15, 0.2) is 28.2 Å². The molecule has 0 bridgehead atoms. The Labute approximate surface area is 145 Å². The second-order valence-electron chi connectivity index (χ2n) is 6.94. The maximum Gasteiger partial charge on any atom is 0.317 e. The fourth-order valence-electron chi connectivity index (χ4n) is 3.78. The van der Waals surface area contributed by atoms with E-state index in [1.165, 1.54) is 17.8 Å². The summed E-state index contributed by atoms with van der Waals surface area (Å²) in [6.07, 6.45) is 3.96. The Balaban J connectivity index is 1.31. The highest BCUT2D eigenvalue weighted by molar-refractivity contribution is 7.13. The molecule has 2 fully saturated rings. The van der Waals surface area contributed by atoms with Crippen molar-refractivity contribution in [3.05, 3.63) is 29.5 Å². The third kappa shape index (κ3) is 3.06. The van der Waals surface area contributed by atoms with E-state index < -0.39 is 0 Å². The molecule has 2 aliphatic rings. The highest BCUT2D eigenvalue weighted by atomic mass is 32.1. The summed E-state index contributed by atoms with van der Waals surface area (Å²) >= 11 is 1.53. The van der Waals surface area contributed by atoms with Crippen LogP contribution in [0.5, 0.6) is 0 Å². The lowest BCUT2D eigenvalue weighted by molar-refractivity contribution is 0.199. The van der Waals surface area contributed by atoms with E-state index in [4.69, 9.17) is 4.42 Å². The summed E-state index contributed by atoms with van der Waals surface area (Å²) in [4.78, 5) is 21.3. The number of nitrogens with one attached hydrogen (secondary N) is 1. The summed E-state index contributed by atoms with van der Waals surface area (Å²) in [5.74, 6) is 0.768. The zero-order valence-corrected chi connectivity index (χ0v) is 14.6. The largest absolute Gasteiger partial charge is 0.462 e. The molecule has 24 heavy (non-hydrogen) atoms. The molecule has 6 nitrogen and oxygen atoms in total. The molecule has 2 aromatic heterocycles. The van der Waals surface area contributed by atoms with Gasteiger partial charge in [-0.1, -0.05) is 0 Å². The summed E-state index contributed by atoms with van der Waals surface area (Å²) in [7, 11) is 2.16. The topological polar surface area (TPSA) is 61.6 Å². The van der Waals surface area contributed by atoms with Crippen LogP contribution in [0.2, 0.25) is 0 Å². The number of urea groups is 1. The number of furan rings is 1. The normalized spacial score (nSPS) is 24.1. The summed E-state index contributed by atoms with van der Waals surface area (Å²) in [6.45, 7) is 4.44. The summed E-state index contributed by atoms with van der Waals surface area (Å²) in [6, 6.07) is 3.76. The second-order valence-corrected chi connectivity index (χ2v) is 7.80. The van der Waals surface area contributed by atoms with Gasteiger partial charge in [-0.25, -0.2) is 9.78 Å². The van der Waals surface area contributed by atoms with Gasteiger partial charge < -0.3 is 19.5 Å². The van der Waals surface area contributed by atoms with Gasteiger partial charge in [0.15, 0.2) is 10.8 Å². The van der Waals surface area contributed by atoms with Crippen molar-refractivity contribution in [1.82, 2.24) is 20.1 Å². The molecule has 2 aromatic rings. The van der Waals surface area contributed by atoms with Crippen molar-refractivity contribution < 1.29 is 9.21 Å². The van der Waals surface area contributed by atoms with Crippen LogP contribution in [0.1, 0.15) is 18.5 Å². The lowest BCUT2D eigenvalue weighted by Gasteiger charge is -2.23. The maximum atomic E-state index is 12.4. The molecule has 2 aliphatic heterocycles. The molecule has 7 heteroatoms. The molecule has 4 rings (SSSR count). The molecular formula is C17H22N4O2S. The van der Waals surface area contributed by atoms with Crippen LogP contribution in [0.25, 0.3) is 10.8 Å². The van der Waals surface area contributed by atoms with Gasteiger partial charge in [-0.2, -0.15) is 0 Å². The molecule has 0 radical (unpaired) electrons. The Hall–Kier alpha value is -1.86. The van der Waals surface area contributed by atoms with Crippen LogP contribution >= 0.6 is 11.3 Å². The zero-order valence-electron chi connectivity index (χ0n) is 13.8. The Kier molecular flexibility index (Phi) is 4.05. The smallest absolute Gasteiger partial charge is 0.317 e. The fraction of sp³-hybridized carbons (Fsp3) is 0.529. The number of thiazole rings is 1. The van der Waals surface area contributed by atoms with Gasteiger partial charge in [-0.05, 0) is 38.6 Å². The molecule has 0 aromatic carbocycles. The molecule has 1 N–H and O–H groups in total.